The first kappa shape index (κ1) is 26.2. The van der Waals surface area contributed by atoms with E-state index >= 15 is 0 Å². The van der Waals surface area contributed by atoms with E-state index in [0.29, 0.717) is 16.3 Å². The van der Waals surface area contributed by atoms with Crippen LogP contribution in [0.1, 0.15) is 21.6 Å². The minimum Gasteiger partial charge on any atom is -0.545 e. The molecule has 0 aliphatic heterocycles. The van der Waals surface area contributed by atoms with E-state index in [9.17, 15) is 18.3 Å². The van der Waals surface area contributed by atoms with Gasteiger partial charge in [0.05, 0.1) is 17.4 Å². The number of aromatic carboxylic acids is 1. The Kier molecular flexibility index (Phi) is 7.45. The smallest absolute Gasteiger partial charge is 0.545 e. The molecule has 5 aromatic rings. The number of carbonyl (C=O) groups is 1. The van der Waals surface area contributed by atoms with E-state index in [1.54, 1.807) is 18.3 Å². The van der Waals surface area contributed by atoms with Gasteiger partial charge in [-0.25, -0.2) is 17.7 Å². The van der Waals surface area contributed by atoms with Crippen LogP contribution in [0.25, 0.3) is 21.7 Å². The first-order chi connectivity index (χ1) is 16.7. The van der Waals surface area contributed by atoms with Crippen LogP contribution >= 0.6 is 11.6 Å². The monoisotopic (exact) mass is 527 g/mol. The number of carbonyl (C=O) groups excluding carboxylic acids is 1. The van der Waals surface area contributed by atoms with Crippen molar-refractivity contribution in [1.29, 1.82) is 0 Å². The number of hydrogen-bond donors (Lipinski definition) is 1. The number of hydrogen-bond acceptors (Lipinski definition) is 5. The topological polar surface area (TPSA) is 106 Å². The quantitative estimate of drug-likeness (QED) is 0.336. The molecule has 0 saturated carbocycles. The molecule has 36 heavy (non-hydrogen) atoms. The molecule has 2 heterocycles. The summed E-state index contributed by atoms with van der Waals surface area (Å²) in [7, 11) is -4.12. The van der Waals surface area contributed by atoms with Crippen LogP contribution in [-0.2, 0) is 16.6 Å². The van der Waals surface area contributed by atoms with Crippen molar-refractivity contribution in [2.45, 2.75) is 18.4 Å². The summed E-state index contributed by atoms with van der Waals surface area (Å²) in [5, 5.41) is 14.3. The number of anilines is 1. The maximum absolute atomic E-state index is 13.9. The van der Waals surface area contributed by atoms with Crippen molar-refractivity contribution in [2.75, 3.05) is 4.31 Å². The fourth-order valence-electron chi connectivity index (χ4n) is 4.12. The van der Waals surface area contributed by atoms with Crippen molar-refractivity contribution >= 4 is 55.1 Å². The summed E-state index contributed by atoms with van der Waals surface area (Å²) < 4.78 is 29.0. The molecule has 176 valence electrons. The van der Waals surface area contributed by atoms with Crippen LogP contribution in [0.3, 0.4) is 0 Å². The summed E-state index contributed by atoms with van der Waals surface area (Å²) in [4.78, 5) is 18.8. The van der Waals surface area contributed by atoms with Crippen molar-refractivity contribution < 1.29 is 47.9 Å². The molecule has 0 unspecified atom stereocenters. The van der Waals surface area contributed by atoms with E-state index in [1.807, 2.05) is 43.3 Å². The normalized spacial score (nSPS) is 11.4. The number of benzene rings is 3. The molecule has 0 aliphatic carbocycles. The predicted molar refractivity (Wildman–Crippen MR) is 134 cm³/mol. The number of aromatic nitrogens is 2. The van der Waals surface area contributed by atoms with Gasteiger partial charge in [-0.1, -0.05) is 48.0 Å². The number of halogens is 1. The van der Waals surface area contributed by atoms with Gasteiger partial charge in [0.25, 0.3) is 10.0 Å². The summed E-state index contributed by atoms with van der Waals surface area (Å²) in [6.45, 7) is 1.81. The summed E-state index contributed by atoms with van der Waals surface area (Å²) in [5.74, 6) is -1.10. The van der Waals surface area contributed by atoms with Crippen LogP contribution in [0.2, 0.25) is 5.02 Å². The maximum Gasteiger partial charge on any atom is 1.00 e. The van der Waals surface area contributed by atoms with Crippen molar-refractivity contribution in [3.63, 3.8) is 0 Å². The minimum atomic E-state index is -4.12. The molecule has 0 atom stereocenters. The third-order valence-corrected chi connectivity index (χ3v) is 7.88. The number of H-pyrrole nitrogens is 1. The van der Waals surface area contributed by atoms with Crippen molar-refractivity contribution in [1.82, 2.24) is 9.97 Å². The van der Waals surface area contributed by atoms with Crippen molar-refractivity contribution in [3.05, 3.63) is 101 Å². The van der Waals surface area contributed by atoms with E-state index in [4.69, 9.17) is 11.6 Å². The fraction of sp³-hybridized carbons (Fsp3) is 0.0769. The first-order valence-corrected chi connectivity index (χ1v) is 12.5. The third-order valence-electron chi connectivity index (χ3n) is 5.89. The number of aryl methyl sites for hydroxylation is 1. The molecule has 1 N–H and O–H groups in total. The second-order valence-electron chi connectivity index (χ2n) is 8.14. The summed E-state index contributed by atoms with van der Waals surface area (Å²) in [6.07, 6.45) is 1.64. The predicted octanol–water partition coefficient (Wildman–Crippen LogP) is 1.44. The number of carboxylic acids is 1. The second kappa shape index (κ2) is 10.2. The number of nitrogens with zero attached hydrogens (tertiary/aromatic N) is 2. The first-order valence-electron chi connectivity index (χ1n) is 10.7. The van der Waals surface area contributed by atoms with Gasteiger partial charge in [-0.3, -0.25) is 0 Å². The zero-order valence-electron chi connectivity index (χ0n) is 19.5. The Morgan fingerprint density at radius 3 is 2.47 bits per heavy atom. The number of fused-ring (bicyclic) bond motifs is 2. The fourth-order valence-corrected chi connectivity index (χ4v) is 5.75. The molecule has 3 aromatic carbocycles. The van der Waals surface area contributed by atoms with Gasteiger partial charge in [-0.2, -0.15) is 0 Å². The average molecular weight is 528 g/mol. The number of sulfonamides is 1. The van der Waals surface area contributed by atoms with Gasteiger partial charge < -0.3 is 14.9 Å². The van der Waals surface area contributed by atoms with Crippen LogP contribution in [0.15, 0.2) is 83.9 Å². The molecule has 0 bridgehead atoms. The van der Waals surface area contributed by atoms with Crippen LogP contribution < -0.4 is 39.0 Å². The zero-order chi connectivity index (χ0) is 24.7. The molecule has 0 amide bonds. The Hall–Kier alpha value is -2.88. The molecule has 7 nitrogen and oxygen atoms in total. The summed E-state index contributed by atoms with van der Waals surface area (Å²) >= 11 is 6.12. The van der Waals surface area contributed by atoms with Gasteiger partial charge in [-0.05, 0) is 54.3 Å². The van der Waals surface area contributed by atoms with E-state index in [-0.39, 0.29) is 52.4 Å². The molecular formula is C26H19ClN3NaO4S. The molecule has 0 radical (unpaired) electrons. The zero-order valence-corrected chi connectivity index (χ0v) is 23.1. The van der Waals surface area contributed by atoms with E-state index in [0.717, 1.165) is 21.7 Å². The van der Waals surface area contributed by atoms with E-state index < -0.39 is 16.0 Å². The summed E-state index contributed by atoms with van der Waals surface area (Å²) in [6, 6.07) is 19.8. The van der Waals surface area contributed by atoms with Crippen LogP contribution in [0.5, 0.6) is 0 Å². The Bertz CT molecular complexity index is 1700. The second-order valence-corrected chi connectivity index (χ2v) is 10.4. The van der Waals surface area contributed by atoms with E-state index in [2.05, 4.69) is 9.97 Å². The van der Waals surface area contributed by atoms with Crippen LogP contribution in [-0.4, -0.2) is 24.4 Å². The van der Waals surface area contributed by atoms with Gasteiger partial charge in [0.15, 0.2) is 0 Å². The summed E-state index contributed by atoms with van der Waals surface area (Å²) in [5.41, 5.74) is 2.06. The molecule has 2 aromatic heterocycles. The number of carboxylic acid groups (broad SMARTS) is 1. The number of pyridine rings is 1. The number of nitrogens with one attached hydrogen (secondary N) is 1. The molecular weight excluding hydrogens is 509 g/mol. The number of aromatic amines is 1. The van der Waals surface area contributed by atoms with Crippen LogP contribution in [0, 0.1) is 6.92 Å². The van der Waals surface area contributed by atoms with Crippen molar-refractivity contribution in [3.8, 4) is 0 Å². The standard InChI is InChI=1S/C26H20ClN3O4S.Na/c1-16-23-5-3-2-4-18(23)14-28-25(16)30(15-21-13-19-12-20(27)8-11-24(19)29-21)35(33,34)22-9-6-17(7-10-22)26(31)32;/h2-14,29H,15H2,1H3,(H,31,32);/q;+1/p-1. The molecule has 0 aliphatic rings. The minimum absolute atomic E-state index is 0. The van der Waals surface area contributed by atoms with Crippen molar-refractivity contribution in [2.24, 2.45) is 0 Å². The SMILES string of the molecule is Cc1c(N(Cc2cc3cc(Cl)ccc3[nH]2)S(=O)(=O)c2ccc(C(=O)[O-])cc2)ncc2ccccc12.[Na+]. The van der Waals surface area contributed by atoms with Gasteiger partial charge in [-0.15, -0.1) is 0 Å². The Morgan fingerprint density at radius 2 is 1.75 bits per heavy atom. The van der Waals surface area contributed by atoms with E-state index in [1.165, 1.54) is 28.6 Å². The Balaban J connectivity index is 0.00000304. The Morgan fingerprint density at radius 1 is 1.03 bits per heavy atom. The molecule has 10 heteroatoms. The largest absolute Gasteiger partial charge is 1.00 e. The van der Waals surface area contributed by atoms with Gasteiger partial charge in [0, 0.05) is 38.8 Å². The van der Waals surface area contributed by atoms with Crippen LogP contribution in [0.4, 0.5) is 5.82 Å². The maximum atomic E-state index is 13.9. The van der Waals surface area contributed by atoms with Gasteiger partial charge in [0.1, 0.15) is 5.82 Å². The number of rotatable bonds is 6. The van der Waals surface area contributed by atoms with Gasteiger partial charge in [0.2, 0.25) is 0 Å². The third kappa shape index (κ3) is 4.87. The average Bonchev–Trinajstić information content (AvgIpc) is 3.25. The van der Waals surface area contributed by atoms with Gasteiger partial charge >= 0.3 is 29.6 Å². The molecule has 0 saturated heterocycles. The molecule has 5 rings (SSSR count). The molecule has 0 spiro atoms. The Labute approximate surface area is 235 Å². The molecule has 0 fully saturated rings.